The van der Waals surface area contributed by atoms with E-state index < -0.39 is 0 Å². The number of fused-ring (bicyclic) bond motifs is 2. The SMILES string of the molecule is C=CC(=O)N1CCCN(c2ccc3ncnc(Nc4cc(C)c(Oc5ccc6c(c5)nnn6C)cc4OC)c3n2)CC1. The number of aryl methyl sites for hydroxylation is 2. The van der Waals surface area contributed by atoms with Gasteiger partial charge in [-0.05, 0) is 55.3 Å². The van der Waals surface area contributed by atoms with Gasteiger partial charge in [-0.2, -0.15) is 0 Å². The molecule has 2 aromatic carbocycles. The van der Waals surface area contributed by atoms with Crippen LogP contribution >= 0.6 is 0 Å². The van der Waals surface area contributed by atoms with Crippen LogP contribution in [0.5, 0.6) is 17.2 Å². The number of carbonyl (C=O) groups is 1. The Labute approximate surface area is 242 Å². The third-order valence-corrected chi connectivity index (χ3v) is 7.33. The summed E-state index contributed by atoms with van der Waals surface area (Å²) in [5.41, 5.74) is 4.63. The number of aromatic nitrogens is 6. The van der Waals surface area contributed by atoms with E-state index in [-0.39, 0.29) is 5.91 Å². The molecule has 3 aromatic heterocycles. The first-order valence-corrected chi connectivity index (χ1v) is 13.6. The van der Waals surface area contributed by atoms with E-state index in [1.54, 1.807) is 11.8 Å². The van der Waals surface area contributed by atoms with E-state index in [1.807, 2.05) is 61.3 Å². The number of hydrogen-bond acceptors (Lipinski definition) is 10. The number of amides is 1. The van der Waals surface area contributed by atoms with Crippen LogP contribution in [0.2, 0.25) is 0 Å². The molecule has 4 heterocycles. The minimum atomic E-state index is -0.0459. The number of pyridine rings is 1. The molecule has 5 aromatic rings. The number of hydrogen-bond donors (Lipinski definition) is 1. The van der Waals surface area contributed by atoms with Crippen LogP contribution in [0, 0.1) is 6.92 Å². The maximum absolute atomic E-state index is 12.1. The Morgan fingerprint density at radius 2 is 1.90 bits per heavy atom. The lowest BCUT2D eigenvalue weighted by molar-refractivity contribution is -0.125. The van der Waals surface area contributed by atoms with Gasteiger partial charge < -0.3 is 24.6 Å². The molecule has 0 radical (unpaired) electrons. The van der Waals surface area contributed by atoms with Gasteiger partial charge in [0.15, 0.2) is 5.82 Å². The third kappa shape index (κ3) is 5.26. The van der Waals surface area contributed by atoms with Crippen LogP contribution in [0.3, 0.4) is 0 Å². The quantitative estimate of drug-likeness (QED) is 0.284. The van der Waals surface area contributed by atoms with Crippen LogP contribution in [-0.2, 0) is 11.8 Å². The summed E-state index contributed by atoms with van der Waals surface area (Å²) < 4.78 is 13.7. The van der Waals surface area contributed by atoms with Crippen molar-refractivity contribution in [3.8, 4) is 17.2 Å². The molecule has 0 spiro atoms. The van der Waals surface area contributed by atoms with E-state index in [0.29, 0.717) is 59.4 Å². The van der Waals surface area contributed by atoms with Crippen molar-refractivity contribution in [2.45, 2.75) is 13.3 Å². The molecule has 1 fully saturated rings. The van der Waals surface area contributed by atoms with Crippen LogP contribution in [0.1, 0.15) is 12.0 Å². The molecule has 1 saturated heterocycles. The number of nitrogens with one attached hydrogen (secondary N) is 1. The van der Waals surface area contributed by atoms with Gasteiger partial charge in [0.25, 0.3) is 0 Å². The van der Waals surface area contributed by atoms with E-state index in [9.17, 15) is 4.79 Å². The molecule has 214 valence electrons. The van der Waals surface area contributed by atoms with Crippen molar-refractivity contribution in [3.05, 3.63) is 67.0 Å². The first-order chi connectivity index (χ1) is 20.4. The van der Waals surface area contributed by atoms with Gasteiger partial charge >= 0.3 is 0 Å². The molecule has 0 atom stereocenters. The molecular formula is C30H31N9O3. The van der Waals surface area contributed by atoms with E-state index in [1.165, 1.54) is 12.4 Å². The van der Waals surface area contributed by atoms with E-state index in [0.717, 1.165) is 35.4 Å². The number of carbonyl (C=O) groups excluding carboxylic acids is 1. The molecule has 42 heavy (non-hydrogen) atoms. The Balaban J connectivity index is 1.27. The maximum atomic E-state index is 12.1. The molecule has 1 aliphatic heterocycles. The van der Waals surface area contributed by atoms with Gasteiger partial charge in [-0.25, -0.2) is 19.6 Å². The van der Waals surface area contributed by atoms with Crippen LogP contribution < -0.4 is 19.7 Å². The average Bonchev–Trinajstić information content (AvgIpc) is 3.20. The van der Waals surface area contributed by atoms with Crippen LogP contribution in [0.25, 0.3) is 22.1 Å². The van der Waals surface area contributed by atoms with Crippen molar-refractivity contribution in [1.29, 1.82) is 0 Å². The minimum absolute atomic E-state index is 0.0459. The summed E-state index contributed by atoms with van der Waals surface area (Å²) in [6, 6.07) is 13.4. The number of ether oxygens (including phenoxy) is 2. The molecule has 1 amide bonds. The Kier molecular flexibility index (Phi) is 7.26. The fourth-order valence-electron chi connectivity index (χ4n) is 5.08. The van der Waals surface area contributed by atoms with E-state index in [2.05, 4.69) is 37.1 Å². The zero-order chi connectivity index (χ0) is 29.2. The summed E-state index contributed by atoms with van der Waals surface area (Å²) in [4.78, 5) is 30.0. The molecule has 0 bridgehead atoms. The monoisotopic (exact) mass is 565 g/mol. The normalized spacial score (nSPS) is 13.7. The van der Waals surface area contributed by atoms with E-state index >= 15 is 0 Å². The second-order valence-electron chi connectivity index (χ2n) is 10.0. The molecule has 0 saturated carbocycles. The second kappa shape index (κ2) is 11.3. The smallest absolute Gasteiger partial charge is 0.246 e. The first kappa shape index (κ1) is 26.9. The highest BCUT2D eigenvalue weighted by Crippen LogP contribution is 2.37. The molecule has 12 nitrogen and oxygen atoms in total. The molecule has 1 aliphatic rings. The number of methoxy groups -OCH3 is 1. The summed E-state index contributed by atoms with van der Waals surface area (Å²) in [6.45, 7) is 8.34. The van der Waals surface area contributed by atoms with Gasteiger partial charge in [0.05, 0.1) is 23.8 Å². The molecule has 0 unspecified atom stereocenters. The highest BCUT2D eigenvalue weighted by Gasteiger charge is 2.20. The lowest BCUT2D eigenvalue weighted by Gasteiger charge is -2.22. The van der Waals surface area contributed by atoms with Crippen molar-refractivity contribution < 1.29 is 14.3 Å². The first-order valence-electron chi connectivity index (χ1n) is 13.6. The van der Waals surface area contributed by atoms with Crippen LogP contribution in [0.15, 0.2) is 61.4 Å². The lowest BCUT2D eigenvalue weighted by atomic mass is 10.1. The molecular weight excluding hydrogens is 534 g/mol. The van der Waals surface area contributed by atoms with Crippen LogP contribution in [0.4, 0.5) is 17.3 Å². The van der Waals surface area contributed by atoms with Gasteiger partial charge in [-0.15, -0.1) is 5.10 Å². The number of nitrogens with zero attached hydrogens (tertiary/aromatic N) is 8. The fraction of sp³-hybridized carbons (Fsp3) is 0.267. The topological polar surface area (TPSA) is 123 Å². The fourth-order valence-corrected chi connectivity index (χ4v) is 5.08. The van der Waals surface area contributed by atoms with Gasteiger partial charge in [-0.1, -0.05) is 11.8 Å². The minimum Gasteiger partial charge on any atom is -0.494 e. The predicted octanol–water partition coefficient (Wildman–Crippen LogP) is 4.38. The number of rotatable bonds is 7. The van der Waals surface area contributed by atoms with Crippen molar-refractivity contribution in [2.24, 2.45) is 7.05 Å². The largest absolute Gasteiger partial charge is 0.494 e. The van der Waals surface area contributed by atoms with Gasteiger partial charge in [0.1, 0.15) is 40.4 Å². The molecule has 12 heteroatoms. The molecule has 0 aliphatic carbocycles. The second-order valence-corrected chi connectivity index (χ2v) is 10.0. The Hall–Kier alpha value is -5.26. The average molecular weight is 566 g/mol. The summed E-state index contributed by atoms with van der Waals surface area (Å²) >= 11 is 0. The highest BCUT2D eigenvalue weighted by atomic mass is 16.5. The van der Waals surface area contributed by atoms with Crippen molar-refractivity contribution >= 4 is 45.3 Å². The molecule has 1 N–H and O–H groups in total. The van der Waals surface area contributed by atoms with Crippen LogP contribution in [-0.4, -0.2) is 74.0 Å². The predicted molar refractivity (Wildman–Crippen MR) is 161 cm³/mol. The Morgan fingerprint density at radius 1 is 1.02 bits per heavy atom. The van der Waals surface area contributed by atoms with Crippen molar-refractivity contribution in [3.63, 3.8) is 0 Å². The van der Waals surface area contributed by atoms with Gasteiger partial charge in [0.2, 0.25) is 5.91 Å². The molecule has 6 rings (SSSR count). The Bertz CT molecular complexity index is 1800. The third-order valence-electron chi connectivity index (χ3n) is 7.33. The van der Waals surface area contributed by atoms with Crippen molar-refractivity contribution in [1.82, 2.24) is 34.8 Å². The zero-order valence-electron chi connectivity index (χ0n) is 23.7. The zero-order valence-corrected chi connectivity index (χ0v) is 23.7. The standard InChI is InChI=1S/C30H31N9O3/c1-5-28(40)39-12-6-11-38(13-14-39)27-10-8-21-29(34-27)30(32-18-31-21)33-23-15-19(2)25(17-26(23)41-4)42-20-7-9-24-22(16-20)35-36-37(24)3/h5,7-10,15-18H,1,6,11-14H2,2-4H3,(H,31,32,33). The summed E-state index contributed by atoms with van der Waals surface area (Å²) in [5.74, 6) is 3.20. The Morgan fingerprint density at radius 3 is 2.74 bits per heavy atom. The summed E-state index contributed by atoms with van der Waals surface area (Å²) in [7, 11) is 3.46. The lowest BCUT2D eigenvalue weighted by Crippen LogP contribution is -2.34. The van der Waals surface area contributed by atoms with Gasteiger partial charge in [-0.3, -0.25) is 4.79 Å². The number of benzene rings is 2. The summed E-state index contributed by atoms with van der Waals surface area (Å²) in [5, 5.41) is 11.6. The maximum Gasteiger partial charge on any atom is 0.246 e. The van der Waals surface area contributed by atoms with Gasteiger partial charge in [0, 0.05) is 45.4 Å². The highest BCUT2D eigenvalue weighted by molar-refractivity contribution is 5.89. The summed E-state index contributed by atoms with van der Waals surface area (Å²) in [6.07, 6.45) is 3.72. The van der Waals surface area contributed by atoms with Crippen molar-refractivity contribution in [2.75, 3.05) is 43.5 Å². The van der Waals surface area contributed by atoms with E-state index in [4.69, 9.17) is 14.5 Å². The number of anilines is 3.